The molecule has 0 saturated heterocycles. The largest absolute Gasteiger partial charge is 0.0651 e. The van der Waals surface area contributed by atoms with Crippen LogP contribution in [0.15, 0.2) is 0 Å². The van der Waals surface area contributed by atoms with Crippen LogP contribution in [0.5, 0.6) is 0 Å². The molecule has 0 aromatic rings. The highest BCUT2D eigenvalue weighted by molar-refractivity contribution is 4.75. The molecule has 0 amide bonds. The number of hydrogen-bond donors (Lipinski definition) is 0. The van der Waals surface area contributed by atoms with Crippen molar-refractivity contribution >= 4 is 0 Å². The minimum Gasteiger partial charge on any atom is -0.0651 e. The summed E-state index contributed by atoms with van der Waals surface area (Å²) in [4.78, 5) is 0. The summed E-state index contributed by atoms with van der Waals surface area (Å²) in [5.41, 5.74) is 0. The molecule has 0 heterocycles. The molecule has 0 radical (unpaired) electrons. The molecule has 6 atom stereocenters. The van der Waals surface area contributed by atoms with Gasteiger partial charge in [-0.05, 0) is 47.8 Å². The van der Waals surface area contributed by atoms with Crippen molar-refractivity contribution in [1.29, 1.82) is 0 Å². The molecular formula is C21H44. The van der Waals surface area contributed by atoms with E-state index >= 15 is 0 Å². The van der Waals surface area contributed by atoms with Gasteiger partial charge in [-0.2, -0.15) is 0 Å². The van der Waals surface area contributed by atoms with E-state index in [9.17, 15) is 0 Å². The third-order valence-corrected chi connectivity index (χ3v) is 6.74. The highest BCUT2D eigenvalue weighted by Gasteiger charge is 2.25. The fourth-order valence-corrected chi connectivity index (χ4v) is 3.73. The molecule has 0 N–H and O–H groups in total. The maximum Gasteiger partial charge on any atom is -0.0360 e. The van der Waals surface area contributed by atoms with Gasteiger partial charge < -0.3 is 0 Å². The van der Waals surface area contributed by atoms with Crippen LogP contribution in [0.3, 0.4) is 0 Å². The van der Waals surface area contributed by atoms with Gasteiger partial charge in [-0.25, -0.2) is 0 Å². The van der Waals surface area contributed by atoms with E-state index in [1.54, 1.807) is 0 Å². The summed E-state index contributed by atoms with van der Waals surface area (Å²) in [5, 5.41) is 0. The van der Waals surface area contributed by atoms with E-state index in [2.05, 4.69) is 62.3 Å². The van der Waals surface area contributed by atoms with Gasteiger partial charge in [0.25, 0.3) is 0 Å². The Kier molecular flexibility index (Phi) is 10.7. The van der Waals surface area contributed by atoms with Crippen molar-refractivity contribution in [2.45, 2.75) is 94.4 Å². The Morgan fingerprint density at radius 2 is 1.10 bits per heavy atom. The zero-order chi connectivity index (χ0) is 16.6. The van der Waals surface area contributed by atoms with Crippen LogP contribution in [0.2, 0.25) is 0 Å². The fourth-order valence-electron chi connectivity index (χ4n) is 3.73. The third kappa shape index (κ3) is 7.20. The van der Waals surface area contributed by atoms with Crippen LogP contribution >= 0.6 is 0 Å². The first-order valence-corrected chi connectivity index (χ1v) is 9.76. The number of hydrogen-bond acceptors (Lipinski definition) is 0. The monoisotopic (exact) mass is 296 g/mol. The zero-order valence-corrected chi connectivity index (χ0v) is 16.6. The van der Waals surface area contributed by atoms with Gasteiger partial charge in [0.1, 0.15) is 0 Å². The van der Waals surface area contributed by atoms with Gasteiger partial charge in [0.2, 0.25) is 0 Å². The molecular weight excluding hydrogens is 252 g/mol. The van der Waals surface area contributed by atoms with Crippen molar-refractivity contribution in [3.8, 4) is 0 Å². The Hall–Kier alpha value is 0. The Morgan fingerprint density at radius 3 is 1.52 bits per heavy atom. The lowest BCUT2D eigenvalue weighted by Gasteiger charge is -2.33. The van der Waals surface area contributed by atoms with Crippen molar-refractivity contribution in [1.82, 2.24) is 0 Å². The van der Waals surface area contributed by atoms with Gasteiger partial charge in [-0.1, -0.05) is 88.0 Å². The molecule has 0 heteroatoms. The van der Waals surface area contributed by atoms with Gasteiger partial charge in [0.15, 0.2) is 0 Å². The van der Waals surface area contributed by atoms with Gasteiger partial charge in [-0.3, -0.25) is 0 Å². The van der Waals surface area contributed by atoms with Crippen molar-refractivity contribution < 1.29 is 0 Å². The zero-order valence-electron chi connectivity index (χ0n) is 16.6. The lowest BCUT2D eigenvalue weighted by Crippen LogP contribution is -2.24. The summed E-state index contributed by atoms with van der Waals surface area (Å²) < 4.78 is 0. The molecule has 0 aromatic heterocycles. The van der Waals surface area contributed by atoms with Crippen LogP contribution in [0.4, 0.5) is 0 Å². The van der Waals surface area contributed by atoms with Crippen molar-refractivity contribution in [3.05, 3.63) is 0 Å². The van der Waals surface area contributed by atoms with Crippen LogP contribution in [0, 0.1) is 41.4 Å². The van der Waals surface area contributed by atoms with Crippen LogP contribution in [-0.4, -0.2) is 0 Å². The van der Waals surface area contributed by atoms with Crippen molar-refractivity contribution in [2.75, 3.05) is 0 Å². The van der Waals surface area contributed by atoms with Crippen LogP contribution in [-0.2, 0) is 0 Å². The van der Waals surface area contributed by atoms with Crippen molar-refractivity contribution in [2.24, 2.45) is 41.4 Å². The van der Waals surface area contributed by atoms with Crippen LogP contribution < -0.4 is 0 Å². The molecule has 0 nitrogen and oxygen atoms in total. The smallest absolute Gasteiger partial charge is 0.0360 e. The minimum atomic E-state index is 0.820. The maximum atomic E-state index is 2.48. The van der Waals surface area contributed by atoms with E-state index in [0.717, 1.165) is 41.4 Å². The van der Waals surface area contributed by atoms with E-state index in [4.69, 9.17) is 0 Å². The Labute approximate surface area is 136 Å². The molecule has 0 aliphatic carbocycles. The molecule has 21 heavy (non-hydrogen) atoms. The summed E-state index contributed by atoms with van der Waals surface area (Å²) in [5.74, 6) is 6.11. The first kappa shape index (κ1) is 21.0. The molecule has 0 bridgehead atoms. The summed E-state index contributed by atoms with van der Waals surface area (Å²) in [6, 6.07) is 0. The van der Waals surface area contributed by atoms with E-state index in [0.29, 0.717) is 0 Å². The van der Waals surface area contributed by atoms with E-state index < -0.39 is 0 Å². The molecule has 0 aromatic carbocycles. The van der Waals surface area contributed by atoms with E-state index in [-0.39, 0.29) is 0 Å². The lowest BCUT2D eigenvalue weighted by atomic mass is 9.73. The molecule has 128 valence electrons. The lowest BCUT2D eigenvalue weighted by molar-refractivity contribution is 0.174. The van der Waals surface area contributed by atoms with E-state index in [1.165, 1.54) is 32.1 Å². The normalized spacial score (nSPS) is 20.9. The molecule has 0 aliphatic heterocycles. The maximum absolute atomic E-state index is 2.48. The van der Waals surface area contributed by atoms with E-state index in [1.807, 2.05) is 0 Å². The first-order chi connectivity index (χ1) is 9.76. The predicted octanol–water partition coefficient (Wildman–Crippen LogP) is 7.43. The second-order valence-electron chi connectivity index (χ2n) is 8.31. The quantitative estimate of drug-likeness (QED) is 0.372. The highest BCUT2D eigenvalue weighted by atomic mass is 14.3. The average Bonchev–Trinajstić information content (AvgIpc) is 2.48. The Bertz CT molecular complexity index is 242. The van der Waals surface area contributed by atoms with Crippen LogP contribution in [0.1, 0.15) is 94.4 Å². The second kappa shape index (κ2) is 10.7. The second-order valence-corrected chi connectivity index (χ2v) is 8.31. The molecule has 0 rings (SSSR count). The standard InChI is InChI=1S/C21H44/c1-10-16(5)20(9)18(7)13-12-14-21(17(6)11-2)19(8)15(3)4/h15-21H,10-14H2,1-9H3. The predicted molar refractivity (Wildman–Crippen MR) is 98.6 cm³/mol. The topological polar surface area (TPSA) is 0 Å². The van der Waals surface area contributed by atoms with Gasteiger partial charge in [0, 0.05) is 0 Å². The van der Waals surface area contributed by atoms with Crippen LogP contribution in [0.25, 0.3) is 0 Å². The summed E-state index contributed by atoms with van der Waals surface area (Å²) >= 11 is 0. The molecule has 0 saturated carbocycles. The SMILES string of the molecule is CCC(C)C(C)C(C)CCCC(C(C)CC)C(C)C(C)C. The van der Waals surface area contributed by atoms with Gasteiger partial charge in [-0.15, -0.1) is 0 Å². The summed E-state index contributed by atoms with van der Waals surface area (Å²) in [6.07, 6.45) is 6.94. The summed E-state index contributed by atoms with van der Waals surface area (Å²) in [7, 11) is 0. The summed E-state index contributed by atoms with van der Waals surface area (Å²) in [6.45, 7) is 21.8. The highest BCUT2D eigenvalue weighted by Crippen LogP contribution is 2.34. The molecule has 0 aliphatic rings. The third-order valence-electron chi connectivity index (χ3n) is 6.74. The number of rotatable bonds is 11. The Morgan fingerprint density at radius 1 is 0.571 bits per heavy atom. The van der Waals surface area contributed by atoms with Crippen molar-refractivity contribution in [3.63, 3.8) is 0 Å². The molecule has 6 unspecified atom stereocenters. The van der Waals surface area contributed by atoms with Gasteiger partial charge in [0.05, 0.1) is 0 Å². The fraction of sp³-hybridized carbons (Fsp3) is 1.00. The Balaban J connectivity index is 4.37. The average molecular weight is 297 g/mol. The first-order valence-electron chi connectivity index (χ1n) is 9.76. The molecule has 0 spiro atoms. The molecule has 0 fully saturated rings. The minimum absolute atomic E-state index is 0.820. The van der Waals surface area contributed by atoms with Gasteiger partial charge >= 0.3 is 0 Å².